The molecule has 1 aliphatic rings. The predicted octanol–water partition coefficient (Wildman–Crippen LogP) is 1.02. The quantitative estimate of drug-likeness (QED) is 0.845. The lowest BCUT2D eigenvalue weighted by Crippen LogP contribution is -2.41. The lowest BCUT2D eigenvalue weighted by Gasteiger charge is -2.32. The summed E-state index contributed by atoms with van der Waals surface area (Å²) in [4.78, 5) is 27.8. The summed E-state index contributed by atoms with van der Waals surface area (Å²) in [5.41, 5.74) is 4.05. The maximum absolute atomic E-state index is 12.7. The third-order valence-electron chi connectivity index (χ3n) is 3.67. The molecule has 0 spiro atoms. The summed E-state index contributed by atoms with van der Waals surface area (Å²) in [6, 6.07) is 0. The van der Waals surface area contributed by atoms with Crippen molar-refractivity contribution < 1.29 is 22.8 Å². The van der Waals surface area contributed by atoms with Gasteiger partial charge in [0.15, 0.2) is 5.69 Å². The highest BCUT2D eigenvalue weighted by molar-refractivity contribution is 5.96. The summed E-state index contributed by atoms with van der Waals surface area (Å²) < 4.78 is 39.5. The van der Waals surface area contributed by atoms with E-state index in [1.54, 1.807) is 0 Å². The van der Waals surface area contributed by atoms with Gasteiger partial charge in [0.1, 0.15) is 12.2 Å². The summed E-state index contributed by atoms with van der Waals surface area (Å²) in [5.74, 6) is -1.11. The number of piperidine rings is 1. The lowest BCUT2D eigenvalue weighted by molar-refractivity contribution is -0.141. The first-order valence-electron chi connectivity index (χ1n) is 6.85. The molecule has 2 rings (SSSR count). The number of carbonyl (C=O) groups is 2. The summed E-state index contributed by atoms with van der Waals surface area (Å²) in [6.07, 6.45) is -2.65. The SMILES string of the molecule is Cn1cc(C(F)(F)F)nc1[C@@H]1CCCN(C(=O)CC(N)=O)C1. The molecule has 1 aliphatic heterocycles. The fraction of sp³-hybridized carbons (Fsp3) is 0.615. The molecule has 0 radical (unpaired) electrons. The summed E-state index contributed by atoms with van der Waals surface area (Å²) in [5, 5.41) is 0. The minimum absolute atomic E-state index is 0.244. The van der Waals surface area contributed by atoms with E-state index in [0.29, 0.717) is 25.2 Å². The number of hydrogen-bond donors (Lipinski definition) is 1. The van der Waals surface area contributed by atoms with Gasteiger partial charge in [0.25, 0.3) is 0 Å². The van der Waals surface area contributed by atoms with Gasteiger partial charge in [-0.2, -0.15) is 13.2 Å². The first-order valence-corrected chi connectivity index (χ1v) is 6.85. The molecule has 0 aromatic carbocycles. The van der Waals surface area contributed by atoms with Gasteiger partial charge < -0.3 is 15.2 Å². The van der Waals surface area contributed by atoms with E-state index in [1.165, 1.54) is 16.5 Å². The molecule has 0 aliphatic carbocycles. The molecular weight excluding hydrogens is 301 g/mol. The second kappa shape index (κ2) is 5.98. The Labute approximate surface area is 125 Å². The Morgan fingerprint density at radius 3 is 2.68 bits per heavy atom. The molecule has 22 heavy (non-hydrogen) atoms. The molecule has 2 N–H and O–H groups in total. The normalized spacial score (nSPS) is 19.3. The van der Waals surface area contributed by atoms with Gasteiger partial charge in [0.05, 0.1) is 0 Å². The van der Waals surface area contributed by atoms with E-state index in [4.69, 9.17) is 5.73 Å². The molecule has 122 valence electrons. The van der Waals surface area contributed by atoms with Crippen LogP contribution < -0.4 is 5.73 Å². The van der Waals surface area contributed by atoms with Gasteiger partial charge in [-0.3, -0.25) is 9.59 Å². The van der Waals surface area contributed by atoms with E-state index in [2.05, 4.69) is 4.98 Å². The first-order chi connectivity index (χ1) is 10.2. The van der Waals surface area contributed by atoms with E-state index in [1.807, 2.05) is 0 Å². The number of aromatic nitrogens is 2. The van der Waals surface area contributed by atoms with E-state index >= 15 is 0 Å². The second-order valence-corrected chi connectivity index (χ2v) is 5.42. The molecular formula is C13H17F3N4O2. The monoisotopic (exact) mass is 318 g/mol. The van der Waals surface area contributed by atoms with E-state index < -0.39 is 23.7 Å². The Hall–Kier alpha value is -2.06. The number of aryl methyl sites for hydroxylation is 1. The number of nitrogens with two attached hydrogens (primary N) is 1. The van der Waals surface area contributed by atoms with Gasteiger partial charge in [-0.1, -0.05) is 0 Å². The van der Waals surface area contributed by atoms with Crippen molar-refractivity contribution >= 4 is 11.8 Å². The van der Waals surface area contributed by atoms with Crippen molar-refractivity contribution in [1.82, 2.24) is 14.5 Å². The standard InChI is InChI=1S/C13H17F3N4O2/c1-19-7-9(13(14,15)16)18-12(19)8-3-2-4-20(6-8)11(22)5-10(17)21/h7-8H,2-6H2,1H3,(H2,17,21)/t8-/m1/s1. The average Bonchev–Trinajstić information content (AvgIpc) is 2.80. The van der Waals surface area contributed by atoms with Crippen molar-refractivity contribution in [3.8, 4) is 0 Å². The first kappa shape index (κ1) is 16.3. The zero-order valence-electron chi connectivity index (χ0n) is 12.1. The third-order valence-corrected chi connectivity index (χ3v) is 3.67. The smallest absolute Gasteiger partial charge is 0.369 e. The third kappa shape index (κ3) is 3.58. The number of amides is 2. The van der Waals surface area contributed by atoms with Crippen LogP contribution in [0, 0.1) is 0 Å². The van der Waals surface area contributed by atoms with Gasteiger partial charge in [-0.05, 0) is 12.8 Å². The molecule has 2 amide bonds. The predicted molar refractivity (Wildman–Crippen MR) is 70.6 cm³/mol. The number of primary amides is 1. The Kier molecular flexibility index (Phi) is 4.43. The van der Waals surface area contributed by atoms with Gasteiger partial charge in [-0.15, -0.1) is 0 Å². The fourth-order valence-corrected chi connectivity index (χ4v) is 2.67. The highest BCUT2D eigenvalue weighted by atomic mass is 19.4. The number of hydrogen-bond acceptors (Lipinski definition) is 3. The van der Waals surface area contributed by atoms with Crippen LogP contribution in [0.5, 0.6) is 0 Å². The van der Waals surface area contributed by atoms with Crippen LogP contribution in [0.2, 0.25) is 0 Å². The maximum Gasteiger partial charge on any atom is 0.434 e. The fourth-order valence-electron chi connectivity index (χ4n) is 2.67. The number of likely N-dealkylation sites (tertiary alicyclic amines) is 1. The number of rotatable bonds is 3. The Morgan fingerprint density at radius 1 is 1.45 bits per heavy atom. The molecule has 6 nitrogen and oxygen atoms in total. The van der Waals surface area contributed by atoms with Crippen LogP contribution >= 0.6 is 0 Å². The molecule has 1 atom stereocenters. The van der Waals surface area contributed by atoms with Crippen molar-refractivity contribution in [2.75, 3.05) is 13.1 Å². The molecule has 1 saturated heterocycles. The van der Waals surface area contributed by atoms with E-state index in [0.717, 1.165) is 6.20 Å². The van der Waals surface area contributed by atoms with Crippen molar-refractivity contribution in [3.05, 3.63) is 17.7 Å². The zero-order valence-corrected chi connectivity index (χ0v) is 12.1. The van der Waals surface area contributed by atoms with Gasteiger partial charge in [0.2, 0.25) is 11.8 Å². The Balaban J connectivity index is 2.14. The zero-order chi connectivity index (χ0) is 16.5. The van der Waals surface area contributed by atoms with Gasteiger partial charge in [0, 0.05) is 32.3 Å². The summed E-state index contributed by atoms with van der Waals surface area (Å²) in [7, 11) is 1.50. The number of carbonyl (C=O) groups excluding carboxylic acids is 2. The van der Waals surface area contributed by atoms with Crippen LogP contribution in [-0.4, -0.2) is 39.4 Å². The van der Waals surface area contributed by atoms with Crippen LogP contribution in [0.1, 0.15) is 36.7 Å². The number of alkyl halides is 3. The highest BCUT2D eigenvalue weighted by Crippen LogP contribution is 2.32. The maximum atomic E-state index is 12.7. The molecule has 2 heterocycles. The van der Waals surface area contributed by atoms with Crippen LogP contribution in [0.25, 0.3) is 0 Å². The summed E-state index contributed by atoms with van der Waals surface area (Å²) in [6.45, 7) is 0.716. The topological polar surface area (TPSA) is 81.2 Å². The van der Waals surface area contributed by atoms with Gasteiger partial charge >= 0.3 is 6.18 Å². The molecule has 1 fully saturated rings. The Morgan fingerprint density at radius 2 is 2.14 bits per heavy atom. The van der Waals surface area contributed by atoms with Gasteiger partial charge in [-0.25, -0.2) is 4.98 Å². The minimum atomic E-state index is -4.49. The van der Waals surface area contributed by atoms with Crippen molar-refractivity contribution in [2.24, 2.45) is 12.8 Å². The molecule has 0 bridgehead atoms. The molecule has 1 aromatic rings. The largest absolute Gasteiger partial charge is 0.434 e. The van der Waals surface area contributed by atoms with Crippen molar-refractivity contribution in [2.45, 2.75) is 31.4 Å². The number of nitrogens with zero attached hydrogens (tertiary/aromatic N) is 3. The van der Waals surface area contributed by atoms with Crippen LogP contribution in [0.3, 0.4) is 0 Å². The van der Waals surface area contributed by atoms with E-state index in [-0.39, 0.29) is 18.9 Å². The van der Waals surface area contributed by atoms with Crippen LogP contribution in [-0.2, 0) is 22.8 Å². The molecule has 0 saturated carbocycles. The number of halogens is 3. The average molecular weight is 318 g/mol. The van der Waals surface area contributed by atoms with E-state index in [9.17, 15) is 22.8 Å². The summed E-state index contributed by atoms with van der Waals surface area (Å²) >= 11 is 0. The van der Waals surface area contributed by atoms with Crippen LogP contribution in [0.4, 0.5) is 13.2 Å². The lowest BCUT2D eigenvalue weighted by atomic mass is 9.97. The Bertz CT molecular complexity index is 582. The molecule has 9 heteroatoms. The highest BCUT2D eigenvalue weighted by Gasteiger charge is 2.36. The minimum Gasteiger partial charge on any atom is -0.369 e. The number of imidazole rings is 1. The van der Waals surface area contributed by atoms with Crippen molar-refractivity contribution in [3.63, 3.8) is 0 Å². The molecule has 1 aromatic heterocycles. The van der Waals surface area contributed by atoms with Crippen LogP contribution in [0.15, 0.2) is 6.20 Å². The van der Waals surface area contributed by atoms with Crippen molar-refractivity contribution in [1.29, 1.82) is 0 Å². The molecule has 0 unspecified atom stereocenters. The second-order valence-electron chi connectivity index (χ2n) is 5.42.